The monoisotopic (exact) mass is 296 g/mol. The summed E-state index contributed by atoms with van der Waals surface area (Å²) in [7, 11) is 0. The van der Waals surface area contributed by atoms with Crippen molar-refractivity contribution in [1.82, 2.24) is 13.6 Å². The summed E-state index contributed by atoms with van der Waals surface area (Å²) in [6, 6.07) is 5.95. The third-order valence-electron chi connectivity index (χ3n) is 2.80. The number of nitrogens with zero attached hydrogens (tertiary/aromatic N) is 3. The van der Waals surface area contributed by atoms with Crippen LogP contribution in [0.3, 0.4) is 0 Å². The Balaban J connectivity index is 1.72. The minimum atomic E-state index is 0.804. The highest BCUT2D eigenvalue weighted by Gasteiger charge is 2.13. The third kappa shape index (κ3) is 2.57. The molecule has 2 aromatic rings. The number of fused-ring (bicyclic) bond motifs is 1. The third-order valence-corrected chi connectivity index (χ3v) is 4.66. The van der Waals surface area contributed by atoms with Gasteiger partial charge in [-0.25, -0.2) is 0 Å². The molecule has 1 aromatic heterocycles. The average molecular weight is 296 g/mol. The molecule has 0 saturated carbocycles. The lowest BCUT2D eigenvalue weighted by molar-refractivity contribution is 0.470. The van der Waals surface area contributed by atoms with E-state index in [4.69, 9.17) is 12.2 Å². The predicted octanol–water partition coefficient (Wildman–Crippen LogP) is 2.44. The maximum Gasteiger partial charge on any atom is 0.173 e. The minimum Gasteiger partial charge on any atom is -0.347 e. The Morgan fingerprint density at radius 2 is 2.00 bits per heavy atom. The molecule has 1 aliphatic rings. The smallest absolute Gasteiger partial charge is 0.173 e. The zero-order valence-corrected chi connectivity index (χ0v) is 12.1. The molecule has 1 aliphatic heterocycles. The van der Waals surface area contributed by atoms with Gasteiger partial charge < -0.3 is 10.2 Å². The average Bonchev–Trinajstić information content (AvgIpc) is 2.87. The summed E-state index contributed by atoms with van der Waals surface area (Å²) in [5.41, 5.74) is 2.84. The highest BCUT2D eigenvalue weighted by Crippen LogP contribution is 2.18. The number of rotatable bonds is 1. The van der Waals surface area contributed by atoms with Crippen LogP contribution in [-0.4, -0.2) is 43.4 Å². The van der Waals surface area contributed by atoms with E-state index in [9.17, 15) is 0 Å². The summed E-state index contributed by atoms with van der Waals surface area (Å²) >= 11 is 8.64. The highest BCUT2D eigenvalue weighted by atomic mass is 32.2. The van der Waals surface area contributed by atoms with Gasteiger partial charge in [0.05, 0.1) is 11.7 Å². The number of nitrogens with one attached hydrogen (secondary N) is 1. The largest absolute Gasteiger partial charge is 0.347 e. The van der Waals surface area contributed by atoms with E-state index in [0.717, 1.165) is 46.4 Å². The topological polar surface area (TPSA) is 41.1 Å². The van der Waals surface area contributed by atoms with Crippen LogP contribution in [0.15, 0.2) is 18.2 Å². The molecule has 3 rings (SSSR count). The van der Waals surface area contributed by atoms with E-state index in [0.29, 0.717) is 0 Å². The van der Waals surface area contributed by atoms with Crippen molar-refractivity contribution in [3.63, 3.8) is 0 Å². The van der Waals surface area contributed by atoms with Gasteiger partial charge >= 0.3 is 0 Å². The second-order valence-corrected chi connectivity index (χ2v) is 6.14. The molecule has 1 fully saturated rings. The molecule has 0 aliphatic carbocycles. The van der Waals surface area contributed by atoms with E-state index in [1.165, 1.54) is 11.7 Å². The van der Waals surface area contributed by atoms with Crippen molar-refractivity contribution in [3.05, 3.63) is 18.2 Å². The molecule has 1 N–H and O–H groups in total. The Morgan fingerprint density at radius 1 is 1.22 bits per heavy atom. The second-order valence-electron chi connectivity index (χ2n) is 4.00. The number of anilines is 1. The fourth-order valence-corrected chi connectivity index (χ4v) is 3.55. The number of thiocarbonyl (C=S) groups is 1. The molecule has 7 heteroatoms. The lowest BCUT2D eigenvalue weighted by Crippen LogP contribution is -2.40. The van der Waals surface area contributed by atoms with Gasteiger partial charge in [0.2, 0.25) is 0 Å². The van der Waals surface area contributed by atoms with Gasteiger partial charge in [0, 0.05) is 30.3 Å². The van der Waals surface area contributed by atoms with E-state index in [1.807, 2.05) is 30.0 Å². The lowest BCUT2D eigenvalue weighted by Gasteiger charge is -2.29. The van der Waals surface area contributed by atoms with E-state index in [1.54, 1.807) is 0 Å². The maximum absolute atomic E-state index is 5.43. The van der Waals surface area contributed by atoms with Gasteiger partial charge in [0.1, 0.15) is 11.0 Å². The molecule has 0 unspecified atom stereocenters. The van der Waals surface area contributed by atoms with Crippen LogP contribution < -0.4 is 5.32 Å². The summed E-state index contributed by atoms with van der Waals surface area (Å²) in [6.45, 7) is 2.05. The van der Waals surface area contributed by atoms with Crippen LogP contribution >= 0.6 is 35.7 Å². The van der Waals surface area contributed by atoms with Crippen LogP contribution in [0.25, 0.3) is 11.0 Å². The Kier molecular flexibility index (Phi) is 3.62. The molecule has 0 amide bonds. The van der Waals surface area contributed by atoms with Gasteiger partial charge in [0.15, 0.2) is 5.11 Å². The van der Waals surface area contributed by atoms with E-state index < -0.39 is 0 Å². The molecule has 1 saturated heterocycles. The molecular formula is C11H12N4S3. The molecule has 0 radical (unpaired) electrons. The summed E-state index contributed by atoms with van der Waals surface area (Å²) in [5.74, 6) is 2.30. The standard InChI is InChI=1S/C11H12N4S3/c16-11(15-3-5-17-6-4-15)12-8-1-2-9-10(7-8)14-18-13-9/h1-2,7H,3-6H2,(H,12,16). The summed E-state index contributed by atoms with van der Waals surface area (Å²) < 4.78 is 8.42. The normalized spacial score (nSPS) is 15.9. The van der Waals surface area contributed by atoms with Gasteiger partial charge in [-0.05, 0) is 30.4 Å². The first-order chi connectivity index (χ1) is 8.83. The molecule has 0 atom stereocenters. The molecule has 1 aromatic carbocycles. The molecule has 2 heterocycles. The Labute approximate surface area is 119 Å². The van der Waals surface area contributed by atoms with Crippen LogP contribution in [-0.2, 0) is 0 Å². The molecule has 0 bridgehead atoms. The lowest BCUT2D eigenvalue weighted by atomic mass is 10.3. The van der Waals surface area contributed by atoms with Crippen LogP contribution in [0.4, 0.5) is 5.69 Å². The van der Waals surface area contributed by atoms with Crippen LogP contribution in [0.1, 0.15) is 0 Å². The van der Waals surface area contributed by atoms with Crippen LogP contribution in [0.5, 0.6) is 0 Å². The fraction of sp³-hybridized carbons (Fsp3) is 0.364. The SMILES string of the molecule is S=C(Nc1ccc2nsnc2c1)N1CCSCC1. The molecule has 18 heavy (non-hydrogen) atoms. The zero-order valence-electron chi connectivity index (χ0n) is 9.63. The van der Waals surface area contributed by atoms with Gasteiger partial charge in [0.25, 0.3) is 0 Å². The summed E-state index contributed by atoms with van der Waals surface area (Å²) in [6.07, 6.45) is 0. The second kappa shape index (κ2) is 5.38. The number of aromatic nitrogens is 2. The Morgan fingerprint density at radius 3 is 2.83 bits per heavy atom. The highest BCUT2D eigenvalue weighted by molar-refractivity contribution is 7.99. The zero-order chi connectivity index (χ0) is 12.4. The fourth-order valence-electron chi connectivity index (χ4n) is 1.83. The van der Waals surface area contributed by atoms with Crippen molar-refractivity contribution >= 4 is 57.5 Å². The van der Waals surface area contributed by atoms with Crippen molar-refractivity contribution in [2.45, 2.75) is 0 Å². The van der Waals surface area contributed by atoms with Gasteiger partial charge in [-0.2, -0.15) is 20.5 Å². The summed E-state index contributed by atoms with van der Waals surface area (Å²) in [4.78, 5) is 2.22. The van der Waals surface area contributed by atoms with Crippen LogP contribution in [0, 0.1) is 0 Å². The maximum atomic E-state index is 5.43. The van der Waals surface area contributed by atoms with E-state index >= 15 is 0 Å². The first-order valence-electron chi connectivity index (χ1n) is 5.69. The Hall–Kier alpha value is -0.920. The number of hydrogen-bond donors (Lipinski definition) is 1. The molecular weight excluding hydrogens is 284 g/mol. The predicted molar refractivity (Wildman–Crippen MR) is 82.5 cm³/mol. The quantitative estimate of drug-likeness (QED) is 0.815. The van der Waals surface area contributed by atoms with Crippen LogP contribution in [0.2, 0.25) is 0 Å². The number of thioether (sulfide) groups is 1. The van der Waals surface area contributed by atoms with Gasteiger partial charge in [-0.1, -0.05) is 0 Å². The summed E-state index contributed by atoms with van der Waals surface area (Å²) in [5, 5.41) is 4.08. The Bertz CT molecular complexity index is 562. The van der Waals surface area contributed by atoms with E-state index in [2.05, 4.69) is 19.0 Å². The van der Waals surface area contributed by atoms with Crippen molar-refractivity contribution in [1.29, 1.82) is 0 Å². The van der Waals surface area contributed by atoms with Crippen molar-refractivity contribution in [3.8, 4) is 0 Å². The number of hydrogen-bond acceptors (Lipinski definition) is 5. The molecule has 94 valence electrons. The first-order valence-corrected chi connectivity index (χ1v) is 7.98. The van der Waals surface area contributed by atoms with Crippen molar-refractivity contribution < 1.29 is 0 Å². The number of benzene rings is 1. The van der Waals surface area contributed by atoms with Gasteiger partial charge in [-0.3, -0.25) is 0 Å². The minimum absolute atomic E-state index is 0.804. The van der Waals surface area contributed by atoms with Crippen molar-refractivity contribution in [2.75, 3.05) is 29.9 Å². The molecule has 0 spiro atoms. The van der Waals surface area contributed by atoms with Gasteiger partial charge in [-0.15, -0.1) is 0 Å². The first kappa shape index (κ1) is 12.1. The molecule has 4 nitrogen and oxygen atoms in total. The van der Waals surface area contributed by atoms with Crippen molar-refractivity contribution in [2.24, 2.45) is 0 Å². The van der Waals surface area contributed by atoms with E-state index in [-0.39, 0.29) is 0 Å².